The first-order chi connectivity index (χ1) is 13.2. The Morgan fingerprint density at radius 1 is 1.24 bits per heavy atom. The molecule has 3 rings (SSSR count). The predicted octanol–water partition coefficient (Wildman–Crippen LogP) is 0.539. The van der Waals surface area contributed by atoms with Crippen molar-refractivity contribution in [3.8, 4) is 5.75 Å². The number of nitrogens with zero attached hydrogens (tertiary/aromatic N) is 3. The van der Waals surface area contributed by atoms with Gasteiger partial charge in [-0.3, -0.25) is 9.21 Å². The number of carboxylic acid groups (broad SMARTS) is 1. The molecular formula is C19H30LiN3O5S. The van der Waals surface area contributed by atoms with Gasteiger partial charge in [-0.25, -0.2) is 13.2 Å². The number of piperazine rings is 1. The van der Waals surface area contributed by atoms with E-state index in [0.717, 1.165) is 39.0 Å². The van der Waals surface area contributed by atoms with Crippen molar-refractivity contribution in [2.45, 2.75) is 12.8 Å². The summed E-state index contributed by atoms with van der Waals surface area (Å²) < 4.78 is 32.2. The van der Waals surface area contributed by atoms with Gasteiger partial charge in [0.25, 0.3) is 0 Å². The fourth-order valence-electron chi connectivity index (χ4n) is 3.23. The zero-order chi connectivity index (χ0) is 20.3. The Bertz CT molecular complexity index is 808. The molecule has 2 aliphatic rings. The SMILES string of the molecule is CN1CCN(CCN(c2ccc(C(=O)O)cc2OCC2CC2)S(C)(=O)=O)CC1.[LiH]. The number of likely N-dealkylation sites (N-methyl/N-ethyl adjacent to an activating group) is 1. The van der Waals surface area contributed by atoms with Crippen LogP contribution in [0.1, 0.15) is 23.2 Å². The van der Waals surface area contributed by atoms with Gasteiger partial charge >= 0.3 is 24.8 Å². The summed E-state index contributed by atoms with van der Waals surface area (Å²) in [6, 6.07) is 4.39. The third-order valence-corrected chi connectivity index (χ3v) is 6.44. The first kappa shape index (κ1) is 24.0. The van der Waals surface area contributed by atoms with E-state index in [4.69, 9.17) is 4.74 Å². The quantitative estimate of drug-likeness (QED) is 0.584. The summed E-state index contributed by atoms with van der Waals surface area (Å²) in [5.41, 5.74) is 0.490. The van der Waals surface area contributed by atoms with Crippen molar-refractivity contribution in [1.82, 2.24) is 9.80 Å². The Labute approximate surface area is 185 Å². The van der Waals surface area contributed by atoms with E-state index < -0.39 is 16.0 Å². The van der Waals surface area contributed by atoms with Crippen molar-refractivity contribution >= 4 is 40.5 Å². The average Bonchev–Trinajstić information content (AvgIpc) is 3.45. The Hall–Kier alpha value is -1.24. The third-order valence-electron chi connectivity index (χ3n) is 5.26. The zero-order valence-corrected chi connectivity index (χ0v) is 17.3. The fourth-order valence-corrected chi connectivity index (χ4v) is 4.15. The van der Waals surface area contributed by atoms with Gasteiger partial charge in [-0.2, -0.15) is 0 Å². The molecule has 8 nitrogen and oxygen atoms in total. The molecule has 1 aliphatic heterocycles. The van der Waals surface area contributed by atoms with Crippen LogP contribution < -0.4 is 9.04 Å². The van der Waals surface area contributed by atoms with Gasteiger partial charge < -0.3 is 14.7 Å². The number of carbonyl (C=O) groups is 1. The molecule has 29 heavy (non-hydrogen) atoms. The van der Waals surface area contributed by atoms with Crippen LogP contribution in [-0.2, 0) is 10.0 Å². The number of rotatable bonds is 9. The van der Waals surface area contributed by atoms with Crippen molar-refractivity contribution in [2.75, 3.05) is 63.5 Å². The van der Waals surface area contributed by atoms with Crippen LogP contribution in [0.5, 0.6) is 5.75 Å². The second kappa shape index (κ2) is 10.2. The van der Waals surface area contributed by atoms with Gasteiger partial charge in [-0.05, 0) is 44.0 Å². The molecular weight excluding hydrogens is 389 g/mol. The fraction of sp³-hybridized carbons (Fsp3) is 0.632. The number of ether oxygens (including phenoxy) is 1. The number of hydrogen-bond donors (Lipinski definition) is 1. The molecule has 0 atom stereocenters. The van der Waals surface area contributed by atoms with Crippen molar-refractivity contribution in [1.29, 1.82) is 0 Å². The van der Waals surface area contributed by atoms with E-state index in [1.165, 1.54) is 28.8 Å². The van der Waals surface area contributed by atoms with Crippen molar-refractivity contribution in [2.24, 2.45) is 5.92 Å². The molecule has 1 heterocycles. The van der Waals surface area contributed by atoms with E-state index in [1.807, 2.05) is 0 Å². The topological polar surface area (TPSA) is 90.4 Å². The Morgan fingerprint density at radius 2 is 1.90 bits per heavy atom. The van der Waals surface area contributed by atoms with E-state index in [-0.39, 0.29) is 24.4 Å². The molecule has 10 heteroatoms. The maximum atomic E-state index is 12.5. The van der Waals surface area contributed by atoms with E-state index in [9.17, 15) is 18.3 Å². The van der Waals surface area contributed by atoms with E-state index in [1.54, 1.807) is 0 Å². The van der Waals surface area contributed by atoms with E-state index in [2.05, 4.69) is 16.8 Å². The van der Waals surface area contributed by atoms with Crippen molar-refractivity contribution in [3.05, 3.63) is 23.8 Å². The molecule has 0 aromatic heterocycles. The van der Waals surface area contributed by atoms with Crippen LogP contribution >= 0.6 is 0 Å². The zero-order valence-electron chi connectivity index (χ0n) is 16.5. The Morgan fingerprint density at radius 3 is 2.45 bits per heavy atom. The molecule has 158 valence electrons. The second-order valence-electron chi connectivity index (χ2n) is 7.72. The third kappa shape index (κ3) is 6.90. The summed E-state index contributed by atoms with van der Waals surface area (Å²) in [6.07, 6.45) is 3.35. The summed E-state index contributed by atoms with van der Waals surface area (Å²) in [7, 11) is -1.46. The molecule has 0 amide bonds. The van der Waals surface area contributed by atoms with Crippen LogP contribution in [0.4, 0.5) is 5.69 Å². The molecule has 1 aliphatic carbocycles. The van der Waals surface area contributed by atoms with Gasteiger partial charge in [-0.15, -0.1) is 0 Å². The Kier molecular flexibility index (Phi) is 8.44. The van der Waals surface area contributed by atoms with Gasteiger partial charge in [0.1, 0.15) is 5.75 Å². The summed E-state index contributed by atoms with van der Waals surface area (Å²) >= 11 is 0. The normalized spacial score (nSPS) is 18.1. The van der Waals surface area contributed by atoms with Crippen molar-refractivity contribution in [3.63, 3.8) is 0 Å². The molecule has 0 spiro atoms. The first-order valence-corrected chi connectivity index (χ1v) is 11.5. The molecule has 0 bridgehead atoms. The molecule has 0 radical (unpaired) electrons. The summed E-state index contributed by atoms with van der Waals surface area (Å²) in [5.74, 6) is -0.278. The number of anilines is 1. The number of aromatic carboxylic acids is 1. The number of sulfonamides is 1. The summed E-state index contributed by atoms with van der Waals surface area (Å²) in [6.45, 7) is 5.11. The number of carboxylic acids is 1. The average molecular weight is 419 g/mol. The molecule has 1 aromatic carbocycles. The number of benzene rings is 1. The maximum absolute atomic E-state index is 12.5. The molecule has 1 N–H and O–H groups in total. The Balaban J connectivity index is 0.00000300. The molecule has 1 aromatic rings. The van der Waals surface area contributed by atoms with Gasteiger partial charge in [0.2, 0.25) is 10.0 Å². The molecule has 1 saturated heterocycles. The van der Waals surface area contributed by atoms with Gasteiger partial charge in [0, 0.05) is 39.3 Å². The number of hydrogen-bond acceptors (Lipinski definition) is 6. The minimum atomic E-state index is -3.54. The van der Waals surface area contributed by atoms with Crippen LogP contribution in [0.2, 0.25) is 0 Å². The van der Waals surface area contributed by atoms with Crippen LogP contribution in [0, 0.1) is 5.92 Å². The van der Waals surface area contributed by atoms with Crippen LogP contribution in [0.15, 0.2) is 18.2 Å². The van der Waals surface area contributed by atoms with E-state index >= 15 is 0 Å². The van der Waals surface area contributed by atoms with Gasteiger partial charge in [0.15, 0.2) is 0 Å². The predicted molar refractivity (Wildman–Crippen MR) is 115 cm³/mol. The van der Waals surface area contributed by atoms with Gasteiger partial charge in [-0.1, -0.05) is 0 Å². The van der Waals surface area contributed by atoms with Crippen molar-refractivity contribution < 1.29 is 23.1 Å². The molecule has 2 fully saturated rings. The summed E-state index contributed by atoms with van der Waals surface area (Å²) in [4.78, 5) is 15.8. The van der Waals surface area contributed by atoms with Crippen LogP contribution in [0.3, 0.4) is 0 Å². The van der Waals surface area contributed by atoms with E-state index in [0.29, 0.717) is 37.1 Å². The molecule has 0 unspecified atom stereocenters. The summed E-state index contributed by atoms with van der Waals surface area (Å²) in [5, 5.41) is 9.29. The molecule has 1 saturated carbocycles. The minimum absolute atomic E-state index is 0. The first-order valence-electron chi connectivity index (χ1n) is 9.63. The van der Waals surface area contributed by atoms with Gasteiger partial charge in [0.05, 0.1) is 24.1 Å². The second-order valence-corrected chi connectivity index (χ2v) is 9.63. The van der Waals surface area contributed by atoms with Crippen LogP contribution in [0.25, 0.3) is 0 Å². The monoisotopic (exact) mass is 419 g/mol. The van der Waals surface area contributed by atoms with Crippen LogP contribution in [-0.4, -0.2) is 107 Å². The standard InChI is InChI=1S/C19H29N3O5S.Li.H/c1-20-7-9-21(10-8-20)11-12-22(28(2,25)26)17-6-5-16(19(23)24)13-18(17)27-14-15-3-4-15;;/h5-6,13,15H,3-4,7-12,14H2,1-2H3,(H,23,24);;.